The molecule has 0 radical (unpaired) electrons. The van der Waals surface area contributed by atoms with Crippen molar-refractivity contribution < 1.29 is 8.83 Å². The summed E-state index contributed by atoms with van der Waals surface area (Å²) in [6.45, 7) is 0. The van der Waals surface area contributed by atoms with Crippen LogP contribution < -0.4 is 5.63 Å². The lowest BCUT2D eigenvalue weighted by atomic mass is 10.2. The minimum atomic E-state index is -0.536. The first-order chi connectivity index (χ1) is 11.6. The Bertz CT molecular complexity index is 1120. The van der Waals surface area contributed by atoms with E-state index in [0.717, 1.165) is 9.86 Å². The fourth-order valence-electron chi connectivity index (χ4n) is 2.31. The molecule has 5 nitrogen and oxygen atoms in total. The molecule has 0 saturated carbocycles. The molecule has 2 aromatic heterocycles. The molecule has 0 unspecified atom stereocenters. The van der Waals surface area contributed by atoms with Gasteiger partial charge in [-0.05, 0) is 42.5 Å². The van der Waals surface area contributed by atoms with Crippen molar-refractivity contribution in [3.05, 3.63) is 68.4 Å². The average molecular weight is 404 g/mol. The van der Waals surface area contributed by atoms with E-state index in [-0.39, 0.29) is 17.3 Å². The summed E-state index contributed by atoms with van der Waals surface area (Å²) >= 11 is 9.35. The summed E-state index contributed by atoms with van der Waals surface area (Å²) in [7, 11) is 0. The Balaban J connectivity index is 1.83. The first-order valence-electron chi connectivity index (χ1n) is 6.93. The zero-order valence-electron chi connectivity index (χ0n) is 12.0. The lowest BCUT2D eigenvalue weighted by molar-refractivity contribution is 0.547. The van der Waals surface area contributed by atoms with Crippen LogP contribution in [0, 0.1) is 0 Å². The van der Waals surface area contributed by atoms with E-state index in [2.05, 4.69) is 26.1 Å². The highest BCUT2D eigenvalue weighted by Crippen LogP contribution is 2.26. The highest BCUT2D eigenvalue weighted by molar-refractivity contribution is 9.10. The lowest BCUT2D eigenvalue weighted by Crippen LogP contribution is -2.02. The number of nitrogens with zero attached hydrogens (tertiary/aromatic N) is 2. The van der Waals surface area contributed by atoms with E-state index in [4.69, 9.17) is 20.4 Å². The summed E-state index contributed by atoms with van der Waals surface area (Å²) in [4.78, 5) is 12.2. The van der Waals surface area contributed by atoms with Crippen molar-refractivity contribution in [2.24, 2.45) is 0 Å². The molecular weight excluding hydrogens is 396 g/mol. The SMILES string of the molecule is O=c1oc2ccc(Br)cc2cc1-c1nnc(-c2cccc(Cl)c2)o1. The zero-order valence-corrected chi connectivity index (χ0v) is 14.3. The smallest absolute Gasteiger partial charge is 0.349 e. The third kappa shape index (κ3) is 2.74. The van der Waals surface area contributed by atoms with Gasteiger partial charge < -0.3 is 8.83 Å². The molecule has 24 heavy (non-hydrogen) atoms. The summed E-state index contributed by atoms with van der Waals surface area (Å²) in [5.74, 6) is 0.377. The molecule has 0 spiro atoms. The summed E-state index contributed by atoms with van der Waals surface area (Å²) in [6.07, 6.45) is 0. The van der Waals surface area contributed by atoms with Crippen LogP contribution in [0.1, 0.15) is 0 Å². The number of hydrogen-bond acceptors (Lipinski definition) is 5. The third-order valence-electron chi connectivity index (χ3n) is 3.42. The second kappa shape index (κ2) is 5.89. The minimum Gasteiger partial charge on any atom is -0.422 e. The molecule has 0 aliphatic rings. The van der Waals surface area contributed by atoms with Gasteiger partial charge in [0, 0.05) is 20.4 Å². The van der Waals surface area contributed by atoms with E-state index in [9.17, 15) is 4.79 Å². The second-order valence-electron chi connectivity index (χ2n) is 5.05. The second-order valence-corrected chi connectivity index (χ2v) is 6.40. The number of benzene rings is 2. The first-order valence-corrected chi connectivity index (χ1v) is 8.10. The van der Waals surface area contributed by atoms with Crippen LogP contribution in [0.2, 0.25) is 5.02 Å². The summed E-state index contributed by atoms with van der Waals surface area (Å²) in [5.41, 5.74) is 0.836. The van der Waals surface area contributed by atoms with Crippen LogP contribution >= 0.6 is 27.5 Å². The van der Waals surface area contributed by atoms with Crippen molar-refractivity contribution in [1.82, 2.24) is 10.2 Å². The van der Waals surface area contributed by atoms with Crippen LogP contribution in [0.25, 0.3) is 33.9 Å². The van der Waals surface area contributed by atoms with Gasteiger partial charge in [0.2, 0.25) is 5.89 Å². The Morgan fingerprint density at radius 2 is 1.79 bits per heavy atom. The minimum absolute atomic E-state index is 0.0978. The van der Waals surface area contributed by atoms with Gasteiger partial charge in [-0.25, -0.2) is 4.79 Å². The maximum Gasteiger partial charge on any atom is 0.349 e. The molecule has 0 amide bonds. The van der Waals surface area contributed by atoms with Gasteiger partial charge in [0.25, 0.3) is 5.89 Å². The van der Waals surface area contributed by atoms with Gasteiger partial charge >= 0.3 is 5.63 Å². The number of rotatable bonds is 2. The summed E-state index contributed by atoms with van der Waals surface area (Å²) in [5, 5.41) is 9.24. The Kier molecular flexibility index (Phi) is 3.70. The van der Waals surface area contributed by atoms with E-state index in [1.54, 1.807) is 42.5 Å². The van der Waals surface area contributed by atoms with Crippen LogP contribution in [0.4, 0.5) is 0 Å². The maximum absolute atomic E-state index is 12.2. The van der Waals surface area contributed by atoms with Crippen molar-refractivity contribution in [3.63, 3.8) is 0 Å². The molecule has 7 heteroatoms. The van der Waals surface area contributed by atoms with E-state index in [0.29, 0.717) is 16.2 Å². The standard InChI is InChI=1S/C17H8BrClN2O3/c18-11-4-5-14-10(6-11)8-13(17(22)23-14)16-21-20-15(24-16)9-2-1-3-12(19)7-9/h1-8H. The number of fused-ring (bicyclic) bond motifs is 1. The van der Waals surface area contributed by atoms with Crippen molar-refractivity contribution in [2.45, 2.75) is 0 Å². The average Bonchev–Trinajstić information content (AvgIpc) is 3.04. The summed E-state index contributed by atoms with van der Waals surface area (Å²) in [6, 6.07) is 14.1. The predicted octanol–water partition coefficient (Wildman–Crippen LogP) is 4.93. The quantitative estimate of drug-likeness (QED) is 0.444. The Hall–Kier alpha value is -2.44. The van der Waals surface area contributed by atoms with Crippen molar-refractivity contribution >= 4 is 38.5 Å². The van der Waals surface area contributed by atoms with Crippen LogP contribution in [0.3, 0.4) is 0 Å². The highest BCUT2D eigenvalue weighted by Gasteiger charge is 2.16. The summed E-state index contributed by atoms with van der Waals surface area (Å²) < 4.78 is 11.8. The van der Waals surface area contributed by atoms with Crippen molar-refractivity contribution in [1.29, 1.82) is 0 Å². The van der Waals surface area contributed by atoms with Gasteiger partial charge in [-0.3, -0.25) is 0 Å². The van der Waals surface area contributed by atoms with Gasteiger partial charge in [0.15, 0.2) is 0 Å². The zero-order chi connectivity index (χ0) is 16.7. The molecule has 0 aliphatic heterocycles. The van der Waals surface area contributed by atoms with Gasteiger partial charge in [-0.2, -0.15) is 0 Å². The van der Waals surface area contributed by atoms with Crippen LogP contribution in [0.15, 0.2) is 66.6 Å². The molecule has 2 heterocycles. The third-order valence-corrected chi connectivity index (χ3v) is 4.15. The molecule has 0 N–H and O–H groups in total. The lowest BCUT2D eigenvalue weighted by Gasteiger charge is -1.99. The predicted molar refractivity (Wildman–Crippen MR) is 93.9 cm³/mol. The van der Waals surface area contributed by atoms with E-state index >= 15 is 0 Å². The van der Waals surface area contributed by atoms with Crippen LogP contribution in [-0.2, 0) is 0 Å². The highest BCUT2D eigenvalue weighted by atomic mass is 79.9. The fourth-order valence-corrected chi connectivity index (χ4v) is 2.88. The largest absolute Gasteiger partial charge is 0.422 e. The van der Waals surface area contributed by atoms with Crippen molar-refractivity contribution in [3.8, 4) is 22.9 Å². The van der Waals surface area contributed by atoms with Crippen molar-refractivity contribution in [2.75, 3.05) is 0 Å². The maximum atomic E-state index is 12.2. The van der Waals surface area contributed by atoms with E-state index < -0.39 is 5.63 Å². The van der Waals surface area contributed by atoms with Gasteiger partial charge in [-0.15, -0.1) is 10.2 Å². The Morgan fingerprint density at radius 1 is 0.958 bits per heavy atom. The molecule has 118 valence electrons. The van der Waals surface area contributed by atoms with E-state index in [1.165, 1.54) is 0 Å². The molecule has 0 atom stereocenters. The molecule has 4 rings (SSSR count). The monoisotopic (exact) mass is 402 g/mol. The Labute approximate surface area is 149 Å². The normalized spacial score (nSPS) is 11.1. The van der Waals surface area contributed by atoms with Crippen LogP contribution in [0.5, 0.6) is 0 Å². The molecule has 0 saturated heterocycles. The molecule has 0 aliphatic carbocycles. The van der Waals surface area contributed by atoms with E-state index in [1.807, 2.05) is 6.07 Å². The molecule has 0 bridgehead atoms. The molecular formula is C17H8BrClN2O3. The molecule has 0 fully saturated rings. The molecule has 4 aromatic rings. The number of hydrogen-bond donors (Lipinski definition) is 0. The fraction of sp³-hybridized carbons (Fsp3) is 0. The molecule has 2 aromatic carbocycles. The topological polar surface area (TPSA) is 69.1 Å². The first kappa shape index (κ1) is 15.1. The van der Waals surface area contributed by atoms with Gasteiger partial charge in [0.05, 0.1) is 0 Å². The van der Waals surface area contributed by atoms with Gasteiger partial charge in [-0.1, -0.05) is 33.6 Å². The Morgan fingerprint density at radius 3 is 2.62 bits per heavy atom. The number of aromatic nitrogens is 2. The number of halogens is 2. The van der Waals surface area contributed by atoms with Crippen LogP contribution in [-0.4, -0.2) is 10.2 Å². The van der Waals surface area contributed by atoms with Gasteiger partial charge in [0.1, 0.15) is 11.1 Å².